The van der Waals surface area contributed by atoms with Gasteiger partial charge in [0.25, 0.3) is 0 Å². The molecular formula is C11H18O3. The summed E-state index contributed by atoms with van der Waals surface area (Å²) in [6.07, 6.45) is 2.64. The summed E-state index contributed by atoms with van der Waals surface area (Å²) in [5.41, 5.74) is 0.270. The molecule has 0 aromatic heterocycles. The number of aliphatic hydroxyl groups excluding tert-OH is 1. The standard InChI is InChI=1S/C11H18O3/c1-8(6-12)5-11(9(13)14-4)7-10(11,2)3/h5,12H,6-7H2,1-4H3. The first-order valence-electron chi connectivity index (χ1n) is 4.77. The highest BCUT2D eigenvalue weighted by molar-refractivity contribution is 5.84. The van der Waals surface area contributed by atoms with Crippen LogP contribution in [0.4, 0.5) is 0 Å². The first-order chi connectivity index (χ1) is 6.39. The van der Waals surface area contributed by atoms with Crippen LogP contribution in [0.5, 0.6) is 0 Å². The third-order valence-corrected chi connectivity index (χ3v) is 3.10. The summed E-state index contributed by atoms with van der Waals surface area (Å²) >= 11 is 0. The minimum Gasteiger partial charge on any atom is -0.468 e. The second-order valence-electron chi connectivity index (χ2n) is 4.67. The number of carbonyl (C=O) groups is 1. The maximum Gasteiger partial charge on any atom is 0.316 e. The van der Waals surface area contributed by atoms with Gasteiger partial charge in [-0.25, -0.2) is 0 Å². The zero-order chi connectivity index (χ0) is 11.0. The summed E-state index contributed by atoms with van der Waals surface area (Å²) in [4.78, 5) is 11.6. The Morgan fingerprint density at radius 3 is 2.36 bits per heavy atom. The Labute approximate surface area is 84.8 Å². The molecule has 1 rings (SSSR count). The summed E-state index contributed by atoms with van der Waals surface area (Å²) in [7, 11) is 1.40. The fraction of sp³-hybridized carbons (Fsp3) is 0.727. The van der Waals surface area contributed by atoms with Crippen molar-refractivity contribution in [3.8, 4) is 0 Å². The highest BCUT2D eigenvalue weighted by Crippen LogP contribution is 2.65. The number of hydrogen-bond acceptors (Lipinski definition) is 3. The summed E-state index contributed by atoms with van der Waals surface area (Å²) < 4.78 is 4.79. The molecule has 0 spiro atoms. The van der Waals surface area contributed by atoms with Crippen molar-refractivity contribution in [3.05, 3.63) is 11.6 Å². The van der Waals surface area contributed by atoms with E-state index in [1.807, 2.05) is 26.8 Å². The molecule has 14 heavy (non-hydrogen) atoms. The number of esters is 1. The van der Waals surface area contributed by atoms with E-state index in [4.69, 9.17) is 9.84 Å². The van der Waals surface area contributed by atoms with Gasteiger partial charge in [-0.05, 0) is 18.8 Å². The molecule has 0 aromatic rings. The summed E-state index contributed by atoms with van der Waals surface area (Å²) in [6.45, 7) is 5.88. The first-order valence-corrected chi connectivity index (χ1v) is 4.77. The lowest BCUT2D eigenvalue weighted by Gasteiger charge is -2.14. The molecule has 0 aliphatic heterocycles. The SMILES string of the molecule is COC(=O)C1(C=C(C)CO)CC1(C)C. The largest absolute Gasteiger partial charge is 0.468 e. The summed E-state index contributed by atoms with van der Waals surface area (Å²) in [5.74, 6) is -0.199. The lowest BCUT2D eigenvalue weighted by Crippen LogP contribution is -2.21. The Hall–Kier alpha value is -0.830. The molecule has 0 aromatic carbocycles. The average Bonchev–Trinajstić information content (AvgIpc) is 2.68. The smallest absolute Gasteiger partial charge is 0.316 e. The minimum absolute atomic E-state index is 0.00513. The van der Waals surface area contributed by atoms with E-state index in [0.717, 1.165) is 12.0 Å². The molecule has 3 heteroatoms. The van der Waals surface area contributed by atoms with Crippen LogP contribution in [0.15, 0.2) is 11.6 Å². The lowest BCUT2D eigenvalue weighted by atomic mass is 9.93. The first kappa shape index (κ1) is 11.2. The number of aliphatic hydroxyl groups is 1. The Kier molecular flexibility index (Phi) is 2.72. The van der Waals surface area contributed by atoms with Crippen LogP contribution in [0.1, 0.15) is 27.2 Å². The number of carbonyl (C=O) groups excluding carboxylic acids is 1. The van der Waals surface area contributed by atoms with Crippen molar-refractivity contribution in [3.63, 3.8) is 0 Å². The van der Waals surface area contributed by atoms with Crippen LogP contribution in [0, 0.1) is 10.8 Å². The molecule has 1 fully saturated rings. The molecule has 1 aliphatic rings. The number of methoxy groups -OCH3 is 1. The molecule has 3 nitrogen and oxygen atoms in total. The molecule has 0 bridgehead atoms. The van der Waals surface area contributed by atoms with Gasteiger partial charge in [-0.15, -0.1) is 0 Å². The third-order valence-electron chi connectivity index (χ3n) is 3.10. The molecule has 1 unspecified atom stereocenters. The predicted molar refractivity (Wildman–Crippen MR) is 53.7 cm³/mol. The van der Waals surface area contributed by atoms with E-state index in [9.17, 15) is 4.79 Å². The highest BCUT2D eigenvalue weighted by Gasteiger charge is 2.65. The van der Waals surface area contributed by atoms with Crippen LogP contribution in [-0.4, -0.2) is 24.8 Å². The van der Waals surface area contributed by atoms with E-state index in [1.54, 1.807) is 0 Å². The van der Waals surface area contributed by atoms with Crippen molar-refractivity contribution in [1.82, 2.24) is 0 Å². The second kappa shape index (κ2) is 3.39. The average molecular weight is 198 g/mol. The molecule has 1 aliphatic carbocycles. The van der Waals surface area contributed by atoms with Crippen molar-refractivity contribution in [2.75, 3.05) is 13.7 Å². The fourth-order valence-corrected chi connectivity index (χ4v) is 1.96. The molecule has 0 saturated heterocycles. The maximum absolute atomic E-state index is 11.6. The van der Waals surface area contributed by atoms with E-state index >= 15 is 0 Å². The molecule has 0 radical (unpaired) electrons. The summed E-state index contributed by atoms with van der Waals surface area (Å²) in [6, 6.07) is 0. The van der Waals surface area contributed by atoms with Gasteiger partial charge in [-0.3, -0.25) is 4.79 Å². The number of rotatable bonds is 3. The second-order valence-corrected chi connectivity index (χ2v) is 4.67. The van der Waals surface area contributed by atoms with Gasteiger partial charge in [0, 0.05) is 0 Å². The fourth-order valence-electron chi connectivity index (χ4n) is 1.96. The van der Waals surface area contributed by atoms with Crippen LogP contribution >= 0.6 is 0 Å². The molecular weight excluding hydrogens is 180 g/mol. The van der Waals surface area contributed by atoms with Crippen LogP contribution in [-0.2, 0) is 9.53 Å². The predicted octanol–water partition coefficient (Wildman–Crippen LogP) is 1.51. The van der Waals surface area contributed by atoms with Crippen LogP contribution in [0.2, 0.25) is 0 Å². The molecule has 1 saturated carbocycles. The van der Waals surface area contributed by atoms with E-state index in [1.165, 1.54) is 7.11 Å². The van der Waals surface area contributed by atoms with Crippen molar-refractivity contribution in [2.45, 2.75) is 27.2 Å². The number of hydrogen-bond donors (Lipinski definition) is 1. The maximum atomic E-state index is 11.6. The van der Waals surface area contributed by atoms with E-state index in [2.05, 4.69) is 0 Å². The van der Waals surface area contributed by atoms with Crippen molar-refractivity contribution < 1.29 is 14.6 Å². The van der Waals surface area contributed by atoms with Gasteiger partial charge in [0.05, 0.1) is 19.1 Å². The van der Waals surface area contributed by atoms with E-state index in [-0.39, 0.29) is 18.0 Å². The third kappa shape index (κ3) is 1.57. The monoisotopic (exact) mass is 198 g/mol. The van der Waals surface area contributed by atoms with E-state index in [0.29, 0.717) is 0 Å². The van der Waals surface area contributed by atoms with Gasteiger partial charge in [-0.2, -0.15) is 0 Å². The molecule has 1 N–H and O–H groups in total. The molecule has 80 valence electrons. The normalized spacial score (nSPS) is 29.9. The zero-order valence-corrected chi connectivity index (χ0v) is 9.26. The Morgan fingerprint density at radius 2 is 2.07 bits per heavy atom. The number of ether oxygens (including phenoxy) is 1. The van der Waals surface area contributed by atoms with Crippen molar-refractivity contribution in [2.24, 2.45) is 10.8 Å². The van der Waals surface area contributed by atoms with Crippen LogP contribution < -0.4 is 0 Å². The van der Waals surface area contributed by atoms with Gasteiger partial charge in [0.1, 0.15) is 0 Å². The van der Waals surface area contributed by atoms with Crippen LogP contribution in [0.3, 0.4) is 0 Å². The Bertz CT molecular complexity index is 278. The molecule has 1 atom stereocenters. The van der Waals surface area contributed by atoms with Gasteiger partial charge < -0.3 is 9.84 Å². The minimum atomic E-state index is -0.505. The topological polar surface area (TPSA) is 46.5 Å². The van der Waals surface area contributed by atoms with E-state index < -0.39 is 5.41 Å². The van der Waals surface area contributed by atoms with Crippen molar-refractivity contribution >= 4 is 5.97 Å². The van der Waals surface area contributed by atoms with Crippen LogP contribution in [0.25, 0.3) is 0 Å². The van der Waals surface area contributed by atoms with Gasteiger partial charge in [0.2, 0.25) is 0 Å². The zero-order valence-electron chi connectivity index (χ0n) is 9.26. The van der Waals surface area contributed by atoms with Gasteiger partial charge in [0.15, 0.2) is 0 Å². The quantitative estimate of drug-likeness (QED) is 0.552. The Morgan fingerprint density at radius 1 is 1.57 bits per heavy atom. The highest BCUT2D eigenvalue weighted by atomic mass is 16.5. The van der Waals surface area contributed by atoms with Gasteiger partial charge in [-0.1, -0.05) is 25.5 Å². The Balaban J connectivity index is 2.94. The lowest BCUT2D eigenvalue weighted by molar-refractivity contribution is -0.146. The molecule has 0 heterocycles. The van der Waals surface area contributed by atoms with Gasteiger partial charge >= 0.3 is 5.97 Å². The summed E-state index contributed by atoms with van der Waals surface area (Å²) in [5, 5.41) is 8.93. The molecule has 0 amide bonds. The van der Waals surface area contributed by atoms with Crippen molar-refractivity contribution in [1.29, 1.82) is 0 Å².